The van der Waals surface area contributed by atoms with Gasteiger partial charge in [-0.2, -0.15) is 0 Å². The van der Waals surface area contributed by atoms with E-state index in [1.165, 1.54) is 11.3 Å². The van der Waals surface area contributed by atoms with E-state index in [9.17, 15) is 0 Å². The Hall–Kier alpha value is -0.540. The first kappa shape index (κ1) is 8.56. The van der Waals surface area contributed by atoms with Gasteiger partial charge in [-0.25, -0.2) is 4.98 Å². The average Bonchev–Trinajstić information content (AvgIpc) is 2.31. The summed E-state index contributed by atoms with van der Waals surface area (Å²) < 4.78 is 0.725. The van der Waals surface area contributed by atoms with Crippen LogP contribution in [-0.2, 0) is 0 Å². The molecule has 0 amide bonds. The van der Waals surface area contributed by atoms with Crippen molar-refractivity contribution >= 4 is 29.0 Å². The third-order valence-electron chi connectivity index (χ3n) is 1.01. The number of rotatable bonds is 2. The van der Waals surface area contributed by atoms with Crippen molar-refractivity contribution in [3.05, 3.63) is 21.7 Å². The molecule has 0 bridgehead atoms. The molecular weight excluding hydrogens is 180 g/mol. The Morgan fingerprint density at radius 2 is 2.36 bits per heavy atom. The van der Waals surface area contributed by atoms with E-state index in [4.69, 9.17) is 11.6 Å². The highest BCUT2D eigenvalue weighted by atomic mass is 35.5. The second kappa shape index (κ2) is 3.74. The summed E-state index contributed by atoms with van der Waals surface area (Å²) in [5.74, 6) is 0. The Kier molecular flexibility index (Phi) is 2.91. The van der Waals surface area contributed by atoms with Crippen molar-refractivity contribution < 1.29 is 0 Å². The summed E-state index contributed by atoms with van der Waals surface area (Å²) >= 11 is 7.15. The van der Waals surface area contributed by atoms with Gasteiger partial charge >= 0.3 is 0 Å². The second-order valence-electron chi connectivity index (χ2n) is 2.28. The number of hydrogen-bond acceptors (Lipinski definition) is 3. The van der Waals surface area contributed by atoms with Gasteiger partial charge in [0, 0.05) is 20.3 Å². The van der Waals surface area contributed by atoms with Gasteiger partial charge < -0.3 is 4.90 Å². The highest BCUT2D eigenvalue weighted by Crippen LogP contribution is 2.18. The van der Waals surface area contributed by atoms with Gasteiger partial charge in [0.05, 0.1) is 6.20 Å². The zero-order valence-electron chi connectivity index (χ0n) is 6.41. The van der Waals surface area contributed by atoms with E-state index in [1.54, 1.807) is 6.20 Å². The molecule has 0 radical (unpaired) electrons. The molecule has 4 heteroatoms. The fourth-order valence-corrected chi connectivity index (χ4v) is 1.38. The zero-order chi connectivity index (χ0) is 8.27. The summed E-state index contributed by atoms with van der Waals surface area (Å²) in [6.07, 6.45) is 5.52. The minimum atomic E-state index is 0.725. The lowest BCUT2D eigenvalue weighted by Gasteiger charge is -2.00. The Balaban J connectivity index is 2.64. The molecule has 0 saturated carbocycles. The smallest absolute Gasteiger partial charge is 0.118 e. The maximum atomic E-state index is 5.68. The topological polar surface area (TPSA) is 16.1 Å². The Bertz CT molecular complexity index is 255. The third-order valence-corrected chi connectivity index (χ3v) is 2.09. The molecule has 0 aliphatic heterocycles. The summed E-state index contributed by atoms with van der Waals surface area (Å²) in [6.45, 7) is 0. The van der Waals surface area contributed by atoms with Crippen LogP contribution >= 0.6 is 22.9 Å². The van der Waals surface area contributed by atoms with E-state index in [1.807, 2.05) is 31.3 Å². The van der Waals surface area contributed by atoms with E-state index in [2.05, 4.69) is 4.98 Å². The van der Waals surface area contributed by atoms with Gasteiger partial charge in [0.15, 0.2) is 0 Å². The highest BCUT2D eigenvalue weighted by Gasteiger charge is 1.93. The molecule has 1 aromatic rings. The molecule has 2 nitrogen and oxygen atoms in total. The molecule has 0 aliphatic carbocycles. The first-order valence-electron chi connectivity index (χ1n) is 3.14. The molecule has 1 aromatic heterocycles. The zero-order valence-corrected chi connectivity index (χ0v) is 7.99. The van der Waals surface area contributed by atoms with Crippen molar-refractivity contribution in [3.63, 3.8) is 0 Å². The van der Waals surface area contributed by atoms with Crippen LogP contribution < -0.4 is 0 Å². The first-order valence-corrected chi connectivity index (χ1v) is 4.34. The Labute approximate surface area is 75.1 Å². The summed E-state index contributed by atoms with van der Waals surface area (Å²) in [6, 6.07) is 0. The van der Waals surface area contributed by atoms with Crippen LogP contribution in [0.25, 0.3) is 6.08 Å². The van der Waals surface area contributed by atoms with Crippen LogP contribution in [0.1, 0.15) is 5.01 Å². The minimum absolute atomic E-state index is 0.725. The number of thiazole rings is 1. The van der Waals surface area contributed by atoms with Gasteiger partial charge in [0.2, 0.25) is 0 Å². The van der Waals surface area contributed by atoms with E-state index < -0.39 is 0 Å². The lowest BCUT2D eigenvalue weighted by Crippen LogP contribution is -1.99. The SMILES string of the molecule is CN(C)C=Cc1ncc(Cl)s1. The van der Waals surface area contributed by atoms with Gasteiger partial charge in [-0.15, -0.1) is 11.3 Å². The van der Waals surface area contributed by atoms with Gasteiger partial charge in [0.25, 0.3) is 0 Å². The molecule has 60 valence electrons. The minimum Gasteiger partial charge on any atom is -0.383 e. The molecule has 0 unspecified atom stereocenters. The second-order valence-corrected chi connectivity index (χ2v) is 3.98. The molecule has 0 N–H and O–H groups in total. The maximum Gasteiger partial charge on any atom is 0.118 e. The first-order chi connectivity index (χ1) is 5.18. The van der Waals surface area contributed by atoms with Crippen LogP contribution in [0.3, 0.4) is 0 Å². The van der Waals surface area contributed by atoms with Crippen LogP contribution in [0.2, 0.25) is 4.34 Å². The molecule has 1 heterocycles. The average molecular weight is 189 g/mol. The van der Waals surface area contributed by atoms with Crippen LogP contribution in [0.5, 0.6) is 0 Å². The monoisotopic (exact) mass is 188 g/mol. The Morgan fingerprint density at radius 1 is 1.64 bits per heavy atom. The van der Waals surface area contributed by atoms with Crippen LogP contribution in [-0.4, -0.2) is 24.0 Å². The largest absolute Gasteiger partial charge is 0.383 e. The van der Waals surface area contributed by atoms with Crippen LogP contribution in [0, 0.1) is 0 Å². The van der Waals surface area contributed by atoms with Gasteiger partial charge in [-0.3, -0.25) is 0 Å². The number of hydrogen-bond donors (Lipinski definition) is 0. The van der Waals surface area contributed by atoms with Crippen molar-refractivity contribution in [2.75, 3.05) is 14.1 Å². The number of aromatic nitrogens is 1. The molecule has 0 fully saturated rings. The van der Waals surface area contributed by atoms with Crippen LogP contribution in [0.15, 0.2) is 12.4 Å². The molecule has 0 spiro atoms. The summed E-state index contributed by atoms with van der Waals surface area (Å²) in [5.41, 5.74) is 0. The van der Waals surface area contributed by atoms with Crippen LogP contribution in [0.4, 0.5) is 0 Å². The van der Waals surface area contributed by atoms with Gasteiger partial charge in [-0.1, -0.05) is 11.6 Å². The fourth-order valence-electron chi connectivity index (χ4n) is 0.557. The molecule has 0 saturated heterocycles. The van der Waals surface area contributed by atoms with Crippen molar-refractivity contribution in [2.24, 2.45) is 0 Å². The molecule has 11 heavy (non-hydrogen) atoms. The maximum absolute atomic E-state index is 5.68. The van der Waals surface area contributed by atoms with Gasteiger partial charge in [0.1, 0.15) is 9.34 Å². The van der Waals surface area contributed by atoms with Crippen molar-refractivity contribution in [3.8, 4) is 0 Å². The summed E-state index contributed by atoms with van der Waals surface area (Å²) in [5, 5.41) is 0.934. The fraction of sp³-hybridized carbons (Fsp3) is 0.286. The third kappa shape index (κ3) is 2.91. The molecular formula is C7H9ClN2S. The molecule has 0 aliphatic rings. The summed E-state index contributed by atoms with van der Waals surface area (Å²) in [7, 11) is 3.93. The molecule has 0 aromatic carbocycles. The van der Waals surface area contributed by atoms with Crippen molar-refractivity contribution in [1.29, 1.82) is 0 Å². The quantitative estimate of drug-likeness (QED) is 0.708. The van der Waals surface area contributed by atoms with Crippen molar-refractivity contribution in [2.45, 2.75) is 0 Å². The number of nitrogens with zero attached hydrogens (tertiary/aromatic N) is 2. The van der Waals surface area contributed by atoms with E-state index in [0.29, 0.717) is 0 Å². The lowest BCUT2D eigenvalue weighted by molar-refractivity contribution is 0.567. The number of halogens is 1. The Morgan fingerprint density at radius 3 is 2.82 bits per heavy atom. The van der Waals surface area contributed by atoms with Crippen molar-refractivity contribution in [1.82, 2.24) is 9.88 Å². The van der Waals surface area contributed by atoms with Gasteiger partial charge in [-0.05, 0) is 6.08 Å². The molecule has 0 atom stereocenters. The molecule has 1 rings (SSSR count). The van der Waals surface area contributed by atoms with E-state index in [0.717, 1.165) is 9.34 Å². The normalized spacial score (nSPS) is 10.8. The lowest BCUT2D eigenvalue weighted by atomic mass is 10.6. The highest BCUT2D eigenvalue weighted by molar-refractivity contribution is 7.16. The van der Waals surface area contributed by atoms with E-state index >= 15 is 0 Å². The standard InChI is InChI=1S/C7H9ClN2S/c1-10(2)4-3-7-9-5-6(8)11-7/h3-5H,1-2H3. The predicted octanol–water partition coefficient (Wildman–Crippen LogP) is 2.33. The summed E-state index contributed by atoms with van der Waals surface area (Å²) in [4.78, 5) is 6.01. The van der Waals surface area contributed by atoms with E-state index in [-0.39, 0.29) is 0 Å². The predicted molar refractivity (Wildman–Crippen MR) is 49.8 cm³/mol.